The number of hydrogen-bond acceptors (Lipinski definition) is 1. The van der Waals surface area contributed by atoms with Crippen molar-refractivity contribution >= 4 is 25.9 Å². The van der Waals surface area contributed by atoms with Gasteiger partial charge in [0.15, 0.2) is 9.04 Å². The highest BCUT2D eigenvalue weighted by Gasteiger charge is 2.00. The summed E-state index contributed by atoms with van der Waals surface area (Å²) in [5, 5.41) is 2.54. The number of allylic oxidation sites excluding steroid dienone is 1. The van der Waals surface area contributed by atoms with E-state index < -0.39 is 9.04 Å². The van der Waals surface area contributed by atoms with Crippen LogP contribution in [0.2, 0.25) is 12.1 Å². The Kier molecular flexibility index (Phi) is 4.12. The molecule has 1 unspecified atom stereocenters. The lowest BCUT2D eigenvalue weighted by Gasteiger charge is -2.02. The van der Waals surface area contributed by atoms with Gasteiger partial charge in [-0.25, -0.2) is 0 Å². The normalized spacial score (nSPS) is 13.3. The molecule has 1 atom stereocenters. The second-order valence-electron chi connectivity index (χ2n) is 4.27. The molecule has 0 bridgehead atoms. The van der Waals surface area contributed by atoms with Crippen LogP contribution in [-0.2, 0) is 0 Å². The molecule has 1 nitrogen and oxygen atoms in total. The van der Waals surface area contributed by atoms with Crippen molar-refractivity contribution in [3.05, 3.63) is 54.1 Å². The topological polar surface area (TPSA) is 20.2 Å². The molecule has 2 aromatic rings. The zero-order valence-corrected chi connectivity index (χ0v) is 11.3. The van der Waals surface area contributed by atoms with Crippen LogP contribution in [0, 0.1) is 0 Å². The van der Waals surface area contributed by atoms with E-state index in [0.717, 1.165) is 12.1 Å². The molecule has 0 aliphatic carbocycles. The summed E-state index contributed by atoms with van der Waals surface area (Å²) in [7, 11) is -1.47. The number of hydrogen-bond donors (Lipinski definition) is 1. The first kappa shape index (κ1) is 12.1. The molecule has 0 fully saturated rings. The van der Waals surface area contributed by atoms with Gasteiger partial charge in [-0.1, -0.05) is 61.5 Å². The first-order valence-corrected chi connectivity index (χ1v) is 8.28. The maximum absolute atomic E-state index is 9.64. The Morgan fingerprint density at radius 1 is 1.12 bits per heavy atom. The SMILES string of the molecule is CC[SiH](O)CC=Cc1cccc2ccccc12. The predicted octanol–water partition coefficient (Wildman–Crippen LogP) is 3.59. The van der Waals surface area contributed by atoms with Crippen molar-refractivity contribution in [2.75, 3.05) is 0 Å². The Balaban J connectivity index is 2.24. The molecule has 0 heterocycles. The fraction of sp³-hybridized carbons (Fsp3) is 0.200. The van der Waals surface area contributed by atoms with E-state index in [1.165, 1.54) is 16.3 Å². The zero-order valence-electron chi connectivity index (χ0n) is 10.1. The van der Waals surface area contributed by atoms with Gasteiger partial charge >= 0.3 is 0 Å². The molecule has 2 rings (SSSR count). The van der Waals surface area contributed by atoms with Crippen LogP contribution in [-0.4, -0.2) is 13.8 Å². The van der Waals surface area contributed by atoms with Crippen LogP contribution in [0.25, 0.3) is 16.8 Å². The highest BCUT2D eigenvalue weighted by Crippen LogP contribution is 2.19. The third-order valence-electron chi connectivity index (χ3n) is 3.00. The van der Waals surface area contributed by atoms with Crippen LogP contribution in [0.1, 0.15) is 12.5 Å². The van der Waals surface area contributed by atoms with Crippen LogP contribution >= 0.6 is 0 Å². The van der Waals surface area contributed by atoms with Crippen molar-refractivity contribution in [3.63, 3.8) is 0 Å². The Hall–Kier alpha value is -1.38. The molecule has 0 amide bonds. The van der Waals surface area contributed by atoms with E-state index in [2.05, 4.69) is 61.5 Å². The maximum Gasteiger partial charge on any atom is 0.176 e. The fourth-order valence-corrected chi connectivity index (χ4v) is 2.70. The molecule has 2 aromatic carbocycles. The molecule has 88 valence electrons. The van der Waals surface area contributed by atoms with E-state index in [0.29, 0.717) is 0 Å². The summed E-state index contributed by atoms with van der Waals surface area (Å²) >= 11 is 0. The Labute approximate surface area is 104 Å². The zero-order chi connectivity index (χ0) is 12.1. The van der Waals surface area contributed by atoms with Crippen LogP contribution < -0.4 is 0 Å². The Bertz CT molecular complexity index is 514. The van der Waals surface area contributed by atoms with Gasteiger partial charge in [0.2, 0.25) is 0 Å². The van der Waals surface area contributed by atoms with Gasteiger partial charge in [-0.2, -0.15) is 0 Å². The van der Waals surface area contributed by atoms with Crippen LogP contribution in [0.15, 0.2) is 48.5 Å². The molecular formula is C15H18OSi. The smallest absolute Gasteiger partial charge is 0.176 e. The average Bonchev–Trinajstić information content (AvgIpc) is 2.39. The average molecular weight is 242 g/mol. The molecule has 0 radical (unpaired) electrons. The fourth-order valence-electron chi connectivity index (χ4n) is 1.91. The van der Waals surface area contributed by atoms with Gasteiger partial charge in [0, 0.05) is 0 Å². The minimum Gasteiger partial charge on any atom is -0.434 e. The highest BCUT2D eigenvalue weighted by molar-refractivity contribution is 6.50. The Morgan fingerprint density at radius 3 is 2.71 bits per heavy atom. The lowest BCUT2D eigenvalue weighted by molar-refractivity contribution is 0.573. The molecule has 0 saturated carbocycles. The maximum atomic E-state index is 9.64. The van der Waals surface area contributed by atoms with E-state index >= 15 is 0 Å². The summed E-state index contributed by atoms with van der Waals surface area (Å²) in [5.74, 6) is 0. The van der Waals surface area contributed by atoms with E-state index in [-0.39, 0.29) is 0 Å². The van der Waals surface area contributed by atoms with Crippen LogP contribution in [0.3, 0.4) is 0 Å². The Morgan fingerprint density at radius 2 is 1.88 bits per heavy atom. The van der Waals surface area contributed by atoms with Gasteiger partial charge in [-0.3, -0.25) is 0 Å². The van der Waals surface area contributed by atoms with E-state index in [9.17, 15) is 4.80 Å². The first-order valence-electron chi connectivity index (χ1n) is 6.13. The summed E-state index contributed by atoms with van der Waals surface area (Å²) in [6.07, 6.45) is 4.25. The quantitative estimate of drug-likeness (QED) is 0.812. The van der Waals surface area contributed by atoms with E-state index in [4.69, 9.17) is 0 Å². The molecule has 0 aliphatic rings. The second kappa shape index (κ2) is 5.80. The molecule has 1 N–H and O–H groups in total. The molecule has 17 heavy (non-hydrogen) atoms. The summed E-state index contributed by atoms with van der Waals surface area (Å²) in [4.78, 5) is 9.64. The van der Waals surface area contributed by atoms with Crippen molar-refractivity contribution in [1.29, 1.82) is 0 Å². The molecule has 0 saturated heterocycles. The number of rotatable bonds is 4. The van der Waals surface area contributed by atoms with Gasteiger partial charge in [-0.15, -0.1) is 0 Å². The summed E-state index contributed by atoms with van der Waals surface area (Å²) in [5.41, 5.74) is 1.24. The van der Waals surface area contributed by atoms with E-state index in [1.807, 2.05) is 0 Å². The monoisotopic (exact) mass is 242 g/mol. The molecule has 0 aromatic heterocycles. The van der Waals surface area contributed by atoms with Crippen molar-refractivity contribution in [1.82, 2.24) is 0 Å². The van der Waals surface area contributed by atoms with Gasteiger partial charge in [0.25, 0.3) is 0 Å². The lowest BCUT2D eigenvalue weighted by Crippen LogP contribution is -2.06. The first-order chi connectivity index (χ1) is 8.31. The van der Waals surface area contributed by atoms with Gasteiger partial charge in [0.05, 0.1) is 0 Å². The van der Waals surface area contributed by atoms with Gasteiger partial charge in [0.1, 0.15) is 0 Å². The molecule has 0 spiro atoms. The van der Waals surface area contributed by atoms with Crippen molar-refractivity contribution in [2.45, 2.75) is 19.0 Å². The molecule has 2 heteroatoms. The third-order valence-corrected chi connectivity index (χ3v) is 4.76. The number of fused-ring (bicyclic) bond motifs is 1. The van der Waals surface area contributed by atoms with Gasteiger partial charge < -0.3 is 4.80 Å². The van der Waals surface area contributed by atoms with Crippen LogP contribution in [0.5, 0.6) is 0 Å². The van der Waals surface area contributed by atoms with E-state index in [1.54, 1.807) is 0 Å². The minimum atomic E-state index is -1.47. The standard InChI is InChI=1S/C15H18OSi/c1-2-17(16)12-6-10-14-9-5-8-13-7-3-4-11-15(13)14/h3-11,16-17H,2,12H2,1H3. The highest BCUT2D eigenvalue weighted by atomic mass is 28.3. The molecule has 0 aliphatic heterocycles. The van der Waals surface area contributed by atoms with Crippen LogP contribution in [0.4, 0.5) is 0 Å². The summed E-state index contributed by atoms with van der Waals surface area (Å²) in [6, 6.07) is 16.5. The minimum absolute atomic E-state index is 0.861. The van der Waals surface area contributed by atoms with Gasteiger partial charge in [-0.05, 0) is 28.4 Å². The lowest BCUT2D eigenvalue weighted by atomic mass is 10.0. The summed E-state index contributed by atoms with van der Waals surface area (Å²) < 4.78 is 0. The predicted molar refractivity (Wildman–Crippen MR) is 77.6 cm³/mol. The van der Waals surface area contributed by atoms with Crippen molar-refractivity contribution in [2.24, 2.45) is 0 Å². The third kappa shape index (κ3) is 3.05. The second-order valence-corrected chi connectivity index (χ2v) is 6.86. The van der Waals surface area contributed by atoms with Crippen molar-refractivity contribution < 1.29 is 4.80 Å². The molecular weight excluding hydrogens is 224 g/mol. The van der Waals surface area contributed by atoms with Crippen molar-refractivity contribution in [3.8, 4) is 0 Å². The number of benzene rings is 2. The largest absolute Gasteiger partial charge is 0.434 e. The summed E-state index contributed by atoms with van der Waals surface area (Å²) in [6.45, 7) is 2.06.